The van der Waals surface area contributed by atoms with E-state index < -0.39 is 19.1 Å². The number of rotatable bonds is 0. The SMILES string of the molecule is [O]=[Nb].[O]=[Ti]=[O]. The average Bonchev–Trinajstić information content (AvgIpc) is 1.46. The molecule has 0 amide bonds. The van der Waals surface area contributed by atoms with E-state index in [1.54, 1.807) is 0 Å². The van der Waals surface area contributed by atoms with Crippen LogP contribution in [0.1, 0.15) is 0 Å². The molecule has 0 radical (unpaired) electrons. The molecule has 0 unspecified atom stereocenters. The Kier molecular flexibility index (Phi) is 38.9. The summed E-state index contributed by atoms with van der Waals surface area (Å²) in [4.78, 5) is 0. The molecule has 0 aliphatic carbocycles. The zero-order valence-corrected chi connectivity index (χ0v) is 5.93. The molecule has 0 spiro atoms. The fourth-order valence-electron chi connectivity index (χ4n) is 0. The molecule has 0 atom stereocenters. The van der Waals surface area contributed by atoms with E-state index in [2.05, 4.69) is 0 Å². The summed E-state index contributed by atoms with van der Waals surface area (Å²) in [6.45, 7) is 0. The zero-order valence-electron chi connectivity index (χ0n) is 2.17. The quantitative estimate of drug-likeness (QED) is 0.488. The van der Waals surface area contributed by atoms with E-state index in [-0.39, 0.29) is 0 Å². The summed E-state index contributed by atoms with van der Waals surface area (Å²) in [6.07, 6.45) is 0. The Morgan fingerprint density at radius 1 is 1.20 bits per heavy atom. The first-order valence-corrected chi connectivity index (χ1v) is 2.76. The molecule has 27 valence electrons. The van der Waals surface area contributed by atoms with Gasteiger partial charge in [-0.25, -0.2) is 0 Å². The van der Waals surface area contributed by atoms with E-state index in [1.165, 1.54) is 0 Å². The van der Waals surface area contributed by atoms with Gasteiger partial charge in [-0.3, -0.25) is 0 Å². The molecule has 5 heavy (non-hydrogen) atoms. The predicted molar refractivity (Wildman–Crippen MR) is 2.06 cm³/mol. The van der Waals surface area contributed by atoms with Gasteiger partial charge in [-0.15, -0.1) is 0 Å². The van der Waals surface area contributed by atoms with Crippen LogP contribution >= 0.6 is 0 Å². The van der Waals surface area contributed by atoms with Crippen molar-refractivity contribution in [3.63, 3.8) is 0 Å². The molecule has 0 aliphatic rings. The molecule has 0 saturated carbocycles. The van der Waals surface area contributed by atoms with Gasteiger partial charge < -0.3 is 0 Å². The Morgan fingerprint density at radius 2 is 1.20 bits per heavy atom. The molecule has 0 aromatic carbocycles. The van der Waals surface area contributed by atoms with Crippen molar-refractivity contribution in [2.75, 3.05) is 0 Å². The molecule has 0 fully saturated rings. The molecular weight excluding hydrogens is 189 g/mol. The molecule has 0 aromatic heterocycles. The Hall–Kier alpha value is 0.855. The maximum absolute atomic E-state index is 8.50. The van der Waals surface area contributed by atoms with Crippen LogP contribution < -0.4 is 0 Å². The monoisotopic (exact) mass is 189 g/mol. The van der Waals surface area contributed by atoms with Gasteiger partial charge >= 0.3 is 50.0 Å². The second-order valence-electron chi connectivity index (χ2n) is 0.0833. The van der Waals surface area contributed by atoms with Gasteiger partial charge in [-0.2, -0.15) is 0 Å². The molecule has 0 N–H and O–H groups in total. The van der Waals surface area contributed by atoms with Gasteiger partial charge in [0, 0.05) is 0 Å². The zero-order chi connectivity index (χ0) is 4.71. The third-order valence-corrected chi connectivity index (χ3v) is 0. The summed E-state index contributed by atoms with van der Waals surface area (Å²) in [5, 5.41) is 0. The fourth-order valence-corrected chi connectivity index (χ4v) is 0. The van der Waals surface area contributed by atoms with Crippen molar-refractivity contribution in [2.24, 2.45) is 0 Å². The van der Waals surface area contributed by atoms with E-state index >= 15 is 0 Å². The maximum atomic E-state index is 8.50. The molecule has 0 aliphatic heterocycles. The van der Waals surface area contributed by atoms with Gasteiger partial charge in [0.05, 0.1) is 0 Å². The number of hydrogen-bond acceptors (Lipinski definition) is 3. The molecule has 0 saturated heterocycles. The van der Waals surface area contributed by atoms with Crippen molar-refractivity contribution in [2.45, 2.75) is 0 Å². The van der Waals surface area contributed by atoms with E-state index in [4.69, 9.17) is 9.90 Å². The summed E-state index contributed by atoms with van der Waals surface area (Å²) in [5.74, 6) is 0. The Balaban J connectivity index is 0. The first-order valence-electron chi connectivity index (χ1n) is 0.591. The van der Waals surface area contributed by atoms with Crippen molar-refractivity contribution in [1.29, 1.82) is 0 Å². The van der Waals surface area contributed by atoms with Crippen LogP contribution in [0.15, 0.2) is 0 Å². The Morgan fingerprint density at radius 3 is 1.20 bits per heavy atom. The van der Waals surface area contributed by atoms with E-state index in [1.807, 2.05) is 0 Å². The molecule has 0 rings (SSSR count). The number of hydrogen-bond donors (Lipinski definition) is 0. The van der Waals surface area contributed by atoms with Crippen LogP contribution in [-0.2, 0) is 50.0 Å². The van der Waals surface area contributed by atoms with Gasteiger partial charge in [-0.05, 0) is 0 Å². The van der Waals surface area contributed by atoms with Crippen molar-refractivity contribution in [3.8, 4) is 0 Å². The third kappa shape index (κ3) is 54.2. The van der Waals surface area contributed by atoms with Crippen molar-refractivity contribution in [3.05, 3.63) is 0 Å². The van der Waals surface area contributed by atoms with Crippen molar-refractivity contribution >= 4 is 0 Å². The minimum atomic E-state index is -2.00. The predicted octanol–water partition coefficient (Wildman–Crippen LogP) is -0.361. The summed E-state index contributed by atoms with van der Waals surface area (Å²) in [7, 11) is 0. The van der Waals surface area contributed by atoms with Gasteiger partial charge in [0.2, 0.25) is 0 Å². The normalized spacial score (nSPS) is 2.20. The standard InChI is InChI=1S/Nb.3O.Ti. The fraction of sp³-hybridized carbons (Fsp3) is 0. The van der Waals surface area contributed by atoms with Crippen LogP contribution in [0.4, 0.5) is 0 Å². The van der Waals surface area contributed by atoms with Gasteiger partial charge in [0.25, 0.3) is 0 Å². The van der Waals surface area contributed by atoms with Crippen molar-refractivity contribution < 1.29 is 50.0 Å². The first-order chi connectivity index (χ1) is 2.41. The molecule has 0 aromatic rings. The van der Waals surface area contributed by atoms with E-state index in [9.17, 15) is 0 Å². The van der Waals surface area contributed by atoms with Crippen molar-refractivity contribution in [1.82, 2.24) is 0 Å². The minimum absolute atomic E-state index is 0.500. The van der Waals surface area contributed by atoms with Crippen LogP contribution in [0.3, 0.4) is 0 Å². The molecule has 0 bridgehead atoms. The molecule has 0 heterocycles. The summed E-state index contributed by atoms with van der Waals surface area (Å²) in [6, 6.07) is 0. The van der Waals surface area contributed by atoms with Gasteiger partial charge in [0.15, 0.2) is 0 Å². The van der Waals surface area contributed by atoms with Crippen LogP contribution in [-0.4, -0.2) is 0 Å². The topological polar surface area (TPSA) is 51.2 Å². The van der Waals surface area contributed by atoms with Crippen LogP contribution in [0, 0.1) is 0 Å². The van der Waals surface area contributed by atoms with Gasteiger partial charge in [0.1, 0.15) is 0 Å². The van der Waals surface area contributed by atoms with Gasteiger partial charge in [-0.1, -0.05) is 0 Å². The Bertz CT molecular complexity index is 36.2. The van der Waals surface area contributed by atoms with E-state index in [0.717, 1.165) is 0 Å². The first kappa shape index (κ1) is 9.29. The molecule has 5 heteroatoms. The second kappa shape index (κ2) is 21.0. The molecule has 3 nitrogen and oxygen atoms in total. The Labute approximate surface area is 50.0 Å². The molecular formula is NbO3Ti. The summed E-state index contributed by atoms with van der Waals surface area (Å²) < 4.78 is 25.3. The van der Waals surface area contributed by atoms with Crippen LogP contribution in [0.2, 0.25) is 0 Å². The van der Waals surface area contributed by atoms with E-state index in [0.29, 0.717) is 21.0 Å². The average molecular weight is 189 g/mol. The van der Waals surface area contributed by atoms with Crippen LogP contribution in [0.5, 0.6) is 0 Å². The van der Waals surface area contributed by atoms with Crippen LogP contribution in [0.25, 0.3) is 0 Å². The second-order valence-corrected chi connectivity index (χ2v) is 0.344. The third-order valence-electron chi connectivity index (χ3n) is 0. The summed E-state index contributed by atoms with van der Waals surface area (Å²) in [5.41, 5.74) is 0. The summed E-state index contributed by atoms with van der Waals surface area (Å²) >= 11 is -1.50.